The van der Waals surface area contributed by atoms with Crippen molar-refractivity contribution in [2.24, 2.45) is 0 Å². The summed E-state index contributed by atoms with van der Waals surface area (Å²) in [6, 6.07) is 32.7. The van der Waals surface area contributed by atoms with Crippen LogP contribution in [0.15, 0.2) is 97.1 Å². The van der Waals surface area contributed by atoms with Gasteiger partial charge in [-0.15, -0.1) is 0 Å². The zero-order valence-corrected chi connectivity index (χ0v) is 14.1. The Balaban J connectivity index is 0.000000302. The highest BCUT2D eigenvalue weighted by molar-refractivity contribution is 5.14. The van der Waals surface area contributed by atoms with E-state index in [9.17, 15) is 0 Å². The van der Waals surface area contributed by atoms with Gasteiger partial charge in [-0.2, -0.15) is 0 Å². The van der Waals surface area contributed by atoms with Crippen LogP contribution in [-0.4, -0.2) is 6.79 Å². The van der Waals surface area contributed by atoms with Crippen molar-refractivity contribution in [1.29, 1.82) is 0 Å². The van der Waals surface area contributed by atoms with E-state index in [0.29, 0.717) is 0 Å². The van der Waals surface area contributed by atoms with Crippen LogP contribution in [0.1, 0.15) is 18.1 Å². The molecule has 1 heteroatoms. The lowest BCUT2D eigenvalue weighted by atomic mass is 10.2. The molecule has 0 spiro atoms. The van der Waals surface area contributed by atoms with Gasteiger partial charge in [0.2, 0.25) is 0 Å². The van der Waals surface area contributed by atoms with Crippen LogP contribution >= 0.6 is 0 Å². The Labute approximate surface area is 140 Å². The molecular weight excluding hydrogens is 280 g/mol. The van der Waals surface area contributed by atoms with Gasteiger partial charge in [-0.3, -0.25) is 0 Å². The number of carbonyl (C=O) groups excluding carboxylic acids is 1. The zero-order valence-electron chi connectivity index (χ0n) is 14.1. The summed E-state index contributed by atoms with van der Waals surface area (Å²) in [5.74, 6) is 0. The van der Waals surface area contributed by atoms with E-state index >= 15 is 0 Å². The molecule has 0 aliphatic carbocycles. The largest absolute Gasteiger partial charge is 0.307 e. The molecule has 0 aliphatic heterocycles. The van der Waals surface area contributed by atoms with Crippen molar-refractivity contribution in [2.75, 3.05) is 0 Å². The summed E-state index contributed by atoms with van der Waals surface area (Å²) in [6.45, 7) is 6.25. The Bertz CT molecular complexity index is 535. The molecule has 0 aromatic heterocycles. The molecule has 0 unspecified atom stereocenters. The van der Waals surface area contributed by atoms with Crippen LogP contribution in [0, 0.1) is 6.92 Å². The number of benzene rings is 3. The molecule has 1 nitrogen and oxygen atoms in total. The lowest BCUT2D eigenvalue weighted by Gasteiger charge is -1.89. The minimum absolute atomic E-state index is 1.14. The molecule has 3 aromatic carbocycles. The molecule has 0 heterocycles. The zero-order chi connectivity index (χ0) is 17.2. The van der Waals surface area contributed by atoms with Crippen LogP contribution < -0.4 is 0 Å². The molecule has 0 N–H and O–H groups in total. The average molecular weight is 306 g/mol. The molecule has 0 saturated heterocycles. The van der Waals surface area contributed by atoms with Crippen LogP contribution in [0.4, 0.5) is 0 Å². The standard InChI is InChI=1S/C8H10.C7H8.C6H6.CH2O/c1-2-8-6-4-3-5-7-8;1-7-5-3-2-4-6-7;1-2-4-6-5-3-1;1-2/h3-7H,2H2,1H3;2-6H,1H3;1-6H;1H2. The van der Waals surface area contributed by atoms with Crippen LogP contribution in [0.5, 0.6) is 0 Å². The third-order valence-electron chi connectivity index (χ3n) is 2.86. The summed E-state index contributed by atoms with van der Waals surface area (Å²) < 4.78 is 0. The number of aryl methyl sites for hydroxylation is 2. The minimum atomic E-state index is 1.14. The Morgan fingerprint density at radius 1 is 0.609 bits per heavy atom. The van der Waals surface area contributed by atoms with Crippen molar-refractivity contribution >= 4 is 6.79 Å². The van der Waals surface area contributed by atoms with Gasteiger partial charge < -0.3 is 4.79 Å². The van der Waals surface area contributed by atoms with Crippen LogP contribution in [-0.2, 0) is 11.2 Å². The molecule has 0 amide bonds. The van der Waals surface area contributed by atoms with Gasteiger partial charge in [0.05, 0.1) is 0 Å². The second kappa shape index (κ2) is 15.7. The summed E-state index contributed by atoms with van der Waals surface area (Å²) in [4.78, 5) is 8.00. The first kappa shape index (κ1) is 20.3. The highest BCUT2D eigenvalue weighted by Crippen LogP contribution is 1.96. The lowest BCUT2D eigenvalue weighted by molar-refractivity contribution is -0.0979. The first-order chi connectivity index (χ1) is 11.3. The maximum Gasteiger partial charge on any atom is 0.106 e. The molecule has 0 saturated carbocycles. The summed E-state index contributed by atoms with van der Waals surface area (Å²) in [5.41, 5.74) is 2.73. The van der Waals surface area contributed by atoms with Crippen LogP contribution in [0.3, 0.4) is 0 Å². The molecule has 0 fully saturated rings. The second-order valence-corrected chi connectivity index (χ2v) is 4.65. The fourth-order valence-corrected chi connectivity index (χ4v) is 1.63. The number of carbonyl (C=O) groups is 1. The first-order valence-electron chi connectivity index (χ1n) is 7.67. The van der Waals surface area contributed by atoms with Crippen molar-refractivity contribution < 1.29 is 4.79 Å². The van der Waals surface area contributed by atoms with Gasteiger partial charge in [-0.25, -0.2) is 0 Å². The molecule has 0 atom stereocenters. The monoisotopic (exact) mass is 306 g/mol. The van der Waals surface area contributed by atoms with E-state index < -0.39 is 0 Å². The van der Waals surface area contributed by atoms with Gasteiger partial charge in [0.25, 0.3) is 0 Å². The van der Waals surface area contributed by atoms with E-state index in [0.717, 1.165) is 6.42 Å². The highest BCUT2D eigenvalue weighted by atomic mass is 16.1. The molecule has 3 rings (SSSR count). The van der Waals surface area contributed by atoms with Gasteiger partial charge in [0.1, 0.15) is 6.79 Å². The topological polar surface area (TPSA) is 17.1 Å². The molecule has 0 bridgehead atoms. The number of hydrogen-bond acceptors (Lipinski definition) is 1. The van der Waals surface area contributed by atoms with Gasteiger partial charge in [0, 0.05) is 0 Å². The van der Waals surface area contributed by atoms with Gasteiger partial charge >= 0.3 is 0 Å². The maximum absolute atomic E-state index is 8.00. The maximum atomic E-state index is 8.00. The predicted octanol–water partition coefficient (Wildman–Crippen LogP) is 5.75. The molecule has 0 aliphatic rings. The van der Waals surface area contributed by atoms with Gasteiger partial charge in [0.15, 0.2) is 0 Å². The van der Waals surface area contributed by atoms with Crippen LogP contribution in [0.2, 0.25) is 0 Å². The first-order valence-corrected chi connectivity index (χ1v) is 7.67. The van der Waals surface area contributed by atoms with Gasteiger partial charge in [-0.1, -0.05) is 110 Å². The second-order valence-electron chi connectivity index (χ2n) is 4.65. The fraction of sp³-hybridized carbons (Fsp3) is 0.136. The molecule has 3 aromatic rings. The predicted molar refractivity (Wildman–Crippen MR) is 101 cm³/mol. The van der Waals surface area contributed by atoms with Crippen LogP contribution in [0.25, 0.3) is 0 Å². The quantitative estimate of drug-likeness (QED) is 0.560. The summed E-state index contributed by atoms with van der Waals surface area (Å²) in [7, 11) is 0. The Kier molecular flexibility index (Phi) is 13.9. The van der Waals surface area contributed by atoms with E-state index in [1.54, 1.807) is 0 Å². The van der Waals surface area contributed by atoms with Crippen molar-refractivity contribution in [3.63, 3.8) is 0 Å². The molecule has 23 heavy (non-hydrogen) atoms. The third kappa shape index (κ3) is 12.8. The summed E-state index contributed by atoms with van der Waals surface area (Å²) >= 11 is 0. The minimum Gasteiger partial charge on any atom is -0.307 e. The molecule has 0 radical (unpaired) electrons. The SMILES string of the molecule is C=O.CCc1ccccc1.Cc1ccccc1.c1ccccc1. The Hall–Kier alpha value is -2.67. The lowest BCUT2D eigenvalue weighted by Crippen LogP contribution is -1.73. The van der Waals surface area contributed by atoms with Crippen molar-refractivity contribution in [1.82, 2.24) is 0 Å². The fourth-order valence-electron chi connectivity index (χ4n) is 1.63. The third-order valence-corrected chi connectivity index (χ3v) is 2.86. The summed E-state index contributed by atoms with van der Waals surface area (Å²) in [6.07, 6.45) is 1.14. The van der Waals surface area contributed by atoms with E-state index in [-0.39, 0.29) is 0 Å². The number of hydrogen-bond donors (Lipinski definition) is 0. The average Bonchev–Trinajstić information content (AvgIpc) is 2.67. The number of rotatable bonds is 1. The van der Waals surface area contributed by atoms with Crippen molar-refractivity contribution in [2.45, 2.75) is 20.3 Å². The smallest absolute Gasteiger partial charge is 0.106 e. The Morgan fingerprint density at radius 3 is 1.13 bits per heavy atom. The summed E-state index contributed by atoms with van der Waals surface area (Å²) in [5, 5.41) is 0. The molecular formula is C22H26O. The molecule has 120 valence electrons. The highest BCUT2D eigenvalue weighted by Gasteiger charge is 1.80. The van der Waals surface area contributed by atoms with E-state index in [4.69, 9.17) is 4.79 Å². The van der Waals surface area contributed by atoms with E-state index in [1.165, 1.54) is 11.1 Å². The van der Waals surface area contributed by atoms with Gasteiger partial charge in [-0.05, 0) is 18.9 Å². The van der Waals surface area contributed by atoms with E-state index in [1.807, 2.05) is 67.5 Å². The van der Waals surface area contributed by atoms with Crippen molar-refractivity contribution in [3.05, 3.63) is 108 Å². The van der Waals surface area contributed by atoms with E-state index in [2.05, 4.69) is 50.2 Å². The Morgan fingerprint density at radius 2 is 0.913 bits per heavy atom. The normalized spacial score (nSPS) is 8.09. The van der Waals surface area contributed by atoms with Crippen molar-refractivity contribution in [3.8, 4) is 0 Å².